The summed E-state index contributed by atoms with van der Waals surface area (Å²) in [4.78, 5) is 14.0. The van der Waals surface area contributed by atoms with Gasteiger partial charge >= 0.3 is 6.09 Å². The number of hydrogen-bond donors (Lipinski definition) is 1. The summed E-state index contributed by atoms with van der Waals surface area (Å²) < 4.78 is 23.7. The molecule has 1 amide bonds. The van der Waals surface area contributed by atoms with Gasteiger partial charge in [-0.25, -0.2) is 9.18 Å². The molecule has 1 heterocycles. The van der Waals surface area contributed by atoms with E-state index in [1.165, 1.54) is 12.1 Å². The fraction of sp³-hybridized carbons (Fsp3) is 0.632. The molecule has 5 nitrogen and oxygen atoms in total. The van der Waals surface area contributed by atoms with Crippen LogP contribution in [0.4, 0.5) is 9.18 Å². The van der Waals surface area contributed by atoms with Crippen LogP contribution in [0.2, 0.25) is 0 Å². The molecule has 1 fully saturated rings. The fourth-order valence-corrected chi connectivity index (χ4v) is 2.78. The largest absolute Gasteiger partial charge is 0.492 e. The first kappa shape index (κ1) is 19.5. The van der Waals surface area contributed by atoms with E-state index in [0.717, 1.165) is 32.5 Å². The van der Waals surface area contributed by atoms with Crippen molar-refractivity contribution < 1.29 is 18.7 Å². The van der Waals surface area contributed by atoms with Gasteiger partial charge in [-0.1, -0.05) is 0 Å². The monoisotopic (exact) mass is 352 g/mol. The molecule has 6 heteroatoms. The molecule has 0 spiro atoms. The second-order valence-electron chi connectivity index (χ2n) is 7.47. The topological polar surface area (TPSA) is 50.8 Å². The van der Waals surface area contributed by atoms with Crippen molar-refractivity contribution in [1.29, 1.82) is 0 Å². The first-order valence-electron chi connectivity index (χ1n) is 8.89. The molecule has 0 radical (unpaired) electrons. The predicted octanol–water partition coefficient (Wildman–Crippen LogP) is 3.44. The van der Waals surface area contributed by atoms with Gasteiger partial charge in [-0.15, -0.1) is 0 Å². The number of ether oxygens (including phenoxy) is 2. The van der Waals surface area contributed by atoms with Gasteiger partial charge in [0.25, 0.3) is 0 Å². The van der Waals surface area contributed by atoms with E-state index in [9.17, 15) is 9.18 Å². The average Bonchev–Trinajstić information content (AvgIpc) is 2.54. The molecule has 1 aliphatic heterocycles. The Balaban J connectivity index is 1.58. The Hall–Kier alpha value is -1.82. The van der Waals surface area contributed by atoms with E-state index < -0.39 is 5.60 Å². The molecule has 140 valence electrons. The van der Waals surface area contributed by atoms with E-state index in [1.54, 1.807) is 12.1 Å². The zero-order valence-corrected chi connectivity index (χ0v) is 15.4. The third-order valence-corrected chi connectivity index (χ3v) is 4.13. The Morgan fingerprint density at radius 2 is 1.88 bits per heavy atom. The molecule has 0 unspecified atom stereocenters. The minimum absolute atomic E-state index is 0.255. The number of halogens is 1. The maximum Gasteiger partial charge on any atom is 0.407 e. The van der Waals surface area contributed by atoms with Gasteiger partial charge in [-0.3, -0.25) is 4.90 Å². The first-order chi connectivity index (χ1) is 11.8. The van der Waals surface area contributed by atoms with Crippen LogP contribution in [0.5, 0.6) is 5.75 Å². The lowest BCUT2D eigenvalue weighted by molar-refractivity contribution is 0.0509. The molecular weight excluding hydrogens is 323 g/mol. The molecule has 1 N–H and O–H groups in total. The van der Waals surface area contributed by atoms with Crippen LogP contribution in [-0.4, -0.2) is 49.4 Å². The maximum absolute atomic E-state index is 12.8. The van der Waals surface area contributed by atoms with Gasteiger partial charge in [0.2, 0.25) is 0 Å². The van der Waals surface area contributed by atoms with Gasteiger partial charge in [0.05, 0.1) is 0 Å². The van der Waals surface area contributed by atoms with Crippen LogP contribution in [0.25, 0.3) is 0 Å². The summed E-state index contributed by atoms with van der Waals surface area (Å²) in [5.74, 6) is 0.925. The minimum Gasteiger partial charge on any atom is -0.492 e. The highest BCUT2D eigenvalue weighted by Gasteiger charge is 2.21. The lowest BCUT2D eigenvalue weighted by Crippen LogP contribution is -2.41. The highest BCUT2D eigenvalue weighted by Crippen LogP contribution is 2.17. The molecule has 0 atom stereocenters. The van der Waals surface area contributed by atoms with Crippen LogP contribution in [-0.2, 0) is 4.74 Å². The molecule has 1 aromatic carbocycles. The van der Waals surface area contributed by atoms with E-state index >= 15 is 0 Å². The quantitative estimate of drug-likeness (QED) is 0.852. The molecule has 1 aliphatic rings. The number of benzene rings is 1. The van der Waals surface area contributed by atoms with Crippen LogP contribution in [0.1, 0.15) is 33.6 Å². The zero-order chi connectivity index (χ0) is 18.3. The van der Waals surface area contributed by atoms with E-state index in [-0.39, 0.29) is 11.9 Å². The molecular formula is C19H29FN2O3. The van der Waals surface area contributed by atoms with Crippen molar-refractivity contribution >= 4 is 6.09 Å². The summed E-state index contributed by atoms with van der Waals surface area (Å²) >= 11 is 0. The minimum atomic E-state index is -0.460. The summed E-state index contributed by atoms with van der Waals surface area (Å²) in [5.41, 5.74) is -0.460. The third-order valence-electron chi connectivity index (χ3n) is 4.13. The Morgan fingerprint density at radius 1 is 1.24 bits per heavy atom. The SMILES string of the molecule is CC(C)(C)OC(=O)NCC1CCN(CCOc2ccc(F)cc2)CC1. The fourth-order valence-electron chi connectivity index (χ4n) is 2.78. The van der Waals surface area contributed by atoms with Gasteiger partial charge < -0.3 is 14.8 Å². The van der Waals surface area contributed by atoms with E-state index in [1.807, 2.05) is 20.8 Å². The molecule has 2 rings (SSSR count). The molecule has 0 aromatic heterocycles. The average molecular weight is 352 g/mol. The van der Waals surface area contributed by atoms with Crippen molar-refractivity contribution in [3.8, 4) is 5.75 Å². The number of piperidine rings is 1. The third kappa shape index (κ3) is 7.73. The summed E-state index contributed by atoms with van der Waals surface area (Å²) in [6, 6.07) is 6.09. The number of rotatable bonds is 6. The van der Waals surface area contributed by atoms with Crippen LogP contribution in [0, 0.1) is 11.7 Å². The summed E-state index contributed by atoms with van der Waals surface area (Å²) in [6.07, 6.45) is 1.75. The number of nitrogens with one attached hydrogen (secondary N) is 1. The standard InChI is InChI=1S/C19H29FN2O3/c1-19(2,3)25-18(23)21-14-15-8-10-22(11-9-15)12-13-24-17-6-4-16(20)5-7-17/h4-7,15H,8-14H2,1-3H3,(H,21,23). The molecule has 0 bridgehead atoms. The van der Waals surface area contributed by atoms with Crippen molar-refractivity contribution in [1.82, 2.24) is 10.2 Å². The molecule has 1 aromatic rings. The lowest BCUT2D eigenvalue weighted by atomic mass is 9.97. The molecule has 25 heavy (non-hydrogen) atoms. The van der Waals surface area contributed by atoms with Gasteiger partial charge in [-0.05, 0) is 76.9 Å². The normalized spacial score (nSPS) is 16.5. The molecule has 0 aliphatic carbocycles. The van der Waals surface area contributed by atoms with Crippen molar-refractivity contribution in [2.45, 2.75) is 39.2 Å². The lowest BCUT2D eigenvalue weighted by Gasteiger charge is -2.32. The van der Waals surface area contributed by atoms with Crippen molar-refractivity contribution in [3.63, 3.8) is 0 Å². The number of alkyl carbamates (subject to hydrolysis) is 1. The van der Waals surface area contributed by atoms with Crippen molar-refractivity contribution in [2.75, 3.05) is 32.8 Å². The maximum atomic E-state index is 12.8. The van der Waals surface area contributed by atoms with Crippen LogP contribution >= 0.6 is 0 Å². The Kier molecular flexibility index (Phi) is 7.05. The predicted molar refractivity (Wildman–Crippen MR) is 95.3 cm³/mol. The van der Waals surface area contributed by atoms with Gasteiger partial charge in [-0.2, -0.15) is 0 Å². The number of hydrogen-bond acceptors (Lipinski definition) is 4. The number of nitrogens with zero attached hydrogens (tertiary/aromatic N) is 1. The highest BCUT2D eigenvalue weighted by atomic mass is 19.1. The second-order valence-corrected chi connectivity index (χ2v) is 7.47. The Bertz CT molecular complexity index is 535. The number of carbonyl (C=O) groups is 1. The van der Waals surface area contributed by atoms with E-state index in [0.29, 0.717) is 24.8 Å². The van der Waals surface area contributed by atoms with Crippen molar-refractivity contribution in [3.05, 3.63) is 30.1 Å². The van der Waals surface area contributed by atoms with Gasteiger partial charge in [0.15, 0.2) is 0 Å². The van der Waals surface area contributed by atoms with Crippen LogP contribution < -0.4 is 10.1 Å². The second kappa shape index (κ2) is 9.04. The smallest absolute Gasteiger partial charge is 0.407 e. The van der Waals surface area contributed by atoms with Crippen LogP contribution in [0.3, 0.4) is 0 Å². The molecule has 0 saturated carbocycles. The zero-order valence-electron chi connectivity index (χ0n) is 15.4. The Labute approximate surface area is 149 Å². The summed E-state index contributed by atoms with van der Waals surface area (Å²) in [7, 11) is 0. The summed E-state index contributed by atoms with van der Waals surface area (Å²) in [6.45, 7) is 9.67. The molecule has 1 saturated heterocycles. The Morgan fingerprint density at radius 3 is 2.48 bits per heavy atom. The number of amides is 1. The van der Waals surface area contributed by atoms with E-state index in [2.05, 4.69) is 10.2 Å². The van der Waals surface area contributed by atoms with E-state index in [4.69, 9.17) is 9.47 Å². The van der Waals surface area contributed by atoms with Gasteiger partial charge in [0.1, 0.15) is 23.8 Å². The number of carbonyl (C=O) groups excluding carboxylic acids is 1. The summed E-state index contributed by atoms with van der Waals surface area (Å²) in [5, 5.41) is 2.86. The number of likely N-dealkylation sites (tertiary alicyclic amines) is 1. The van der Waals surface area contributed by atoms with Crippen molar-refractivity contribution in [2.24, 2.45) is 5.92 Å². The first-order valence-corrected chi connectivity index (χ1v) is 8.89. The van der Waals surface area contributed by atoms with Crippen LogP contribution in [0.15, 0.2) is 24.3 Å². The van der Waals surface area contributed by atoms with Gasteiger partial charge in [0, 0.05) is 13.1 Å². The highest BCUT2D eigenvalue weighted by molar-refractivity contribution is 5.67.